The van der Waals surface area contributed by atoms with Crippen molar-refractivity contribution in [2.45, 2.75) is 13.3 Å². The molecule has 0 saturated carbocycles. The number of benzene rings is 1. The van der Waals surface area contributed by atoms with Gasteiger partial charge in [-0.1, -0.05) is 0 Å². The topological polar surface area (TPSA) is 71.5 Å². The van der Waals surface area contributed by atoms with E-state index in [1.807, 2.05) is 31.2 Å². The first kappa shape index (κ1) is 13.4. The molecule has 0 atom stereocenters. The van der Waals surface area contributed by atoms with Crippen LogP contribution in [-0.2, 0) is 11.2 Å². The van der Waals surface area contributed by atoms with E-state index in [-0.39, 0.29) is 6.42 Å². The van der Waals surface area contributed by atoms with Gasteiger partial charge in [-0.2, -0.15) is 0 Å². The Morgan fingerprint density at radius 1 is 1.42 bits per heavy atom. The maximum Gasteiger partial charge on any atom is 0.308 e. The number of ether oxygens (including phenoxy) is 1. The Morgan fingerprint density at radius 3 is 2.68 bits per heavy atom. The molecule has 6 heteroatoms. The lowest BCUT2D eigenvalue weighted by Crippen LogP contribution is -1.99. The van der Waals surface area contributed by atoms with Gasteiger partial charge in [-0.15, -0.1) is 11.3 Å². The van der Waals surface area contributed by atoms with Crippen LogP contribution in [0, 0.1) is 6.92 Å². The van der Waals surface area contributed by atoms with Crippen molar-refractivity contribution < 1.29 is 14.6 Å². The van der Waals surface area contributed by atoms with Crippen LogP contribution in [0.5, 0.6) is 5.75 Å². The highest BCUT2D eigenvalue weighted by atomic mass is 32.1. The minimum atomic E-state index is -0.845. The van der Waals surface area contributed by atoms with Gasteiger partial charge in [0.2, 0.25) is 0 Å². The fraction of sp³-hybridized carbons (Fsp3) is 0.231. The summed E-state index contributed by atoms with van der Waals surface area (Å²) < 4.78 is 5.08. The zero-order chi connectivity index (χ0) is 13.8. The van der Waals surface area contributed by atoms with Crippen LogP contribution in [0.1, 0.15) is 10.6 Å². The Labute approximate surface area is 114 Å². The fourth-order valence-electron chi connectivity index (χ4n) is 1.58. The van der Waals surface area contributed by atoms with Crippen LogP contribution in [-0.4, -0.2) is 23.2 Å². The first-order valence-corrected chi connectivity index (χ1v) is 6.49. The smallest absolute Gasteiger partial charge is 0.308 e. The number of aliphatic carboxylic acids is 1. The molecule has 0 aliphatic heterocycles. The number of nitrogens with zero attached hydrogens (tertiary/aromatic N) is 1. The number of anilines is 2. The summed E-state index contributed by atoms with van der Waals surface area (Å²) in [6.45, 7) is 1.81. The van der Waals surface area contributed by atoms with Gasteiger partial charge in [0, 0.05) is 10.6 Å². The Bertz CT molecular complexity index is 578. The van der Waals surface area contributed by atoms with Crippen molar-refractivity contribution in [1.82, 2.24) is 4.98 Å². The summed E-state index contributed by atoms with van der Waals surface area (Å²) in [6, 6.07) is 7.46. The molecule has 0 radical (unpaired) electrons. The van der Waals surface area contributed by atoms with E-state index in [1.165, 1.54) is 11.3 Å². The Hall–Kier alpha value is -2.08. The minimum absolute atomic E-state index is 0.00773. The lowest BCUT2D eigenvalue weighted by Gasteiger charge is -2.03. The molecule has 100 valence electrons. The number of hydrogen-bond acceptors (Lipinski definition) is 5. The maximum atomic E-state index is 10.7. The summed E-state index contributed by atoms with van der Waals surface area (Å²) >= 11 is 1.36. The summed E-state index contributed by atoms with van der Waals surface area (Å²) in [6.07, 6.45) is 0.00773. The second-order valence-electron chi connectivity index (χ2n) is 3.95. The third kappa shape index (κ3) is 3.45. The van der Waals surface area contributed by atoms with Crippen molar-refractivity contribution in [3.8, 4) is 5.75 Å². The highest BCUT2D eigenvalue weighted by Crippen LogP contribution is 2.26. The Kier molecular flexibility index (Phi) is 4.01. The maximum absolute atomic E-state index is 10.7. The predicted molar refractivity (Wildman–Crippen MR) is 74.5 cm³/mol. The van der Waals surface area contributed by atoms with E-state index in [0.29, 0.717) is 5.13 Å². The van der Waals surface area contributed by atoms with E-state index in [1.54, 1.807) is 7.11 Å². The van der Waals surface area contributed by atoms with E-state index in [4.69, 9.17) is 9.84 Å². The molecule has 5 nitrogen and oxygen atoms in total. The lowest BCUT2D eigenvalue weighted by atomic mass is 10.3. The molecule has 1 aromatic heterocycles. The molecular formula is C13H14N2O3S. The van der Waals surface area contributed by atoms with E-state index < -0.39 is 5.97 Å². The number of carbonyl (C=O) groups is 1. The molecule has 0 spiro atoms. The molecule has 2 N–H and O–H groups in total. The number of hydrogen-bond donors (Lipinski definition) is 2. The number of nitrogens with one attached hydrogen (secondary N) is 1. The van der Waals surface area contributed by atoms with Gasteiger partial charge in [0.25, 0.3) is 0 Å². The first-order chi connectivity index (χ1) is 9.08. The van der Waals surface area contributed by atoms with Gasteiger partial charge >= 0.3 is 5.97 Å². The number of carboxylic acids is 1. The zero-order valence-corrected chi connectivity index (χ0v) is 11.5. The summed E-state index contributed by atoms with van der Waals surface area (Å²) in [5.41, 5.74) is 1.64. The second kappa shape index (κ2) is 5.71. The Morgan fingerprint density at radius 2 is 2.11 bits per heavy atom. The van der Waals surface area contributed by atoms with Crippen molar-refractivity contribution in [1.29, 1.82) is 0 Å². The van der Waals surface area contributed by atoms with Gasteiger partial charge in [-0.05, 0) is 31.2 Å². The van der Waals surface area contributed by atoms with Gasteiger partial charge in [0.05, 0.1) is 19.2 Å². The predicted octanol–water partition coefficient (Wildman–Crippen LogP) is 2.83. The van der Waals surface area contributed by atoms with E-state index in [0.717, 1.165) is 22.0 Å². The summed E-state index contributed by atoms with van der Waals surface area (Å²) in [7, 11) is 1.62. The molecule has 0 unspecified atom stereocenters. The number of aromatic nitrogens is 1. The van der Waals surface area contributed by atoms with Crippen molar-refractivity contribution in [3.05, 3.63) is 34.8 Å². The van der Waals surface area contributed by atoms with Crippen molar-refractivity contribution in [2.75, 3.05) is 12.4 Å². The average Bonchev–Trinajstić information content (AvgIpc) is 2.70. The monoisotopic (exact) mass is 278 g/mol. The molecule has 2 rings (SSSR count). The van der Waals surface area contributed by atoms with Crippen LogP contribution in [0.2, 0.25) is 0 Å². The molecule has 19 heavy (non-hydrogen) atoms. The molecule has 0 aliphatic carbocycles. The van der Waals surface area contributed by atoms with Crippen LogP contribution in [0.4, 0.5) is 10.8 Å². The van der Waals surface area contributed by atoms with E-state index in [9.17, 15) is 4.79 Å². The van der Waals surface area contributed by atoms with Crippen LogP contribution in [0.15, 0.2) is 24.3 Å². The molecular weight excluding hydrogens is 264 g/mol. The Balaban J connectivity index is 2.12. The van der Waals surface area contributed by atoms with E-state index in [2.05, 4.69) is 10.3 Å². The lowest BCUT2D eigenvalue weighted by molar-refractivity contribution is -0.136. The molecule has 1 aromatic carbocycles. The van der Waals surface area contributed by atoms with Gasteiger partial charge in [0.15, 0.2) is 5.13 Å². The highest BCUT2D eigenvalue weighted by molar-refractivity contribution is 7.15. The normalized spacial score (nSPS) is 10.2. The van der Waals surface area contributed by atoms with Gasteiger partial charge in [-0.25, -0.2) is 4.98 Å². The number of rotatable bonds is 5. The fourth-order valence-corrected chi connectivity index (χ4v) is 2.55. The van der Waals surface area contributed by atoms with Crippen molar-refractivity contribution >= 4 is 28.1 Å². The van der Waals surface area contributed by atoms with E-state index >= 15 is 0 Å². The molecule has 0 amide bonds. The molecule has 1 heterocycles. The molecule has 0 fully saturated rings. The third-order valence-corrected chi connectivity index (χ3v) is 3.62. The largest absolute Gasteiger partial charge is 0.497 e. The number of methoxy groups -OCH3 is 1. The summed E-state index contributed by atoms with van der Waals surface area (Å²) in [4.78, 5) is 15.8. The molecule has 0 aliphatic rings. The van der Waals surface area contributed by atoms with Crippen LogP contribution in [0.25, 0.3) is 0 Å². The highest BCUT2D eigenvalue weighted by Gasteiger charge is 2.11. The van der Waals surface area contributed by atoms with Gasteiger partial charge < -0.3 is 15.2 Å². The second-order valence-corrected chi connectivity index (χ2v) is 5.04. The zero-order valence-electron chi connectivity index (χ0n) is 10.6. The van der Waals surface area contributed by atoms with Gasteiger partial charge in [-0.3, -0.25) is 4.79 Å². The standard InChI is InChI=1S/C13H14N2O3S/c1-8-11(7-12(16)17)19-13(14-8)15-9-3-5-10(18-2)6-4-9/h3-6H,7H2,1-2H3,(H,14,15)(H,16,17). The van der Waals surface area contributed by atoms with Crippen LogP contribution >= 0.6 is 11.3 Å². The summed E-state index contributed by atoms with van der Waals surface area (Å²) in [5.74, 6) is -0.0600. The third-order valence-electron chi connectivity index (χ3n) is 2.55. The molecule has 0 saturated heterocycles. The molecule has 2 aromatic rings. The first-order valence-electron chi connectivity index (χ1n) is 5.67. The number of carboxylic acid groups (broad SMARTS) is 1. The quantitative estimate of drug-likeness (QED) is 0.880. The average molecular weight is 278 g/mol. The van der Waals surface area contributed by atoms with Crippen LogP contribution < -0.4 is 10.1 Å². The van der Waals surface area contributed by atoms with Crippen molar-refractivity contribution in [2.24, 2.45) is 0 Å². The van der Waals surface area contributed by atoms with Crippen LogP contribution in [0.3, 0.4) is 0 Å². The van der Waals surface area contributed by atoms with Crippen molar-refractivity contribution in [3.63, 3.8) is 0 Å². The summed E-state index contributed by atoms with van der Waals surface area (Å²) in [5, 5.41) is 12.6. The number of thiazole rings is 1. The number of aryl methyl sites for hydroxylation is 1. The minimum Gasteiger partial charge on any atom is -0.497 e. The SMILES string of the molecule is COc1ccc(Nc2nc(C)c(CC(=O)O)s2)cc1. The van der Waals surface area contributed by atoms with Gasteiger partial charge in [0.1, 0.15) is 5.75 Å². The molecule has 0 bridgehead atoms.